The van der Waals surface area contributed by atoms with Crippen LogP contribution in [-0.2, 0) is 6.54 Å². The number of rotatable bonds is 4. The van der Waals surface area contributed by atoms with Gasteiger partial charge in [0, 0.05) is 18.6 Å². The molecule has 0 aliphatic heterocycles. The fourth-order valence-corrected chi connectivity index (χ4v) is 1.36. The summed E-state index contributed by atoms with van der Waals surface area (Å²) in [7, 11) is 0. The summed E-state index contributed by atoms with van der Waals surface area (Å²) < 4.78 is 0. The van der Waals surface area contributed by atoms with Crippen LogP contribution in [0.2, 0.25) is 0 Å². The molecule has 17 heavy (non-hydrogen) atoms. The molecule has 0 saturated heterocycles. The van der Waals surface area contributed by atoms with Crippen LogP contribution in [0, 0.1) is 0 Å². The average molecular weight is 232 g/mol. The van der Waals surface area contributed by atoms with Crippen LogP contribution < -0.4 is 16.6 Å². The molecule has 0 unspecified atom stereocenters. The minimum Gasteiger partial charge on any atom is -0.347 e. The number of nitrogens with two attached hydrogens (primary N) is 1. The van der Waals surface area contributed by atoms with Crippen LogP contribution in [-0.4, -0.2) is 20.9 Å². The first-order valence-electron chi connectivity index (χ1n) is 4.98. The topological polar surface area (TPSA) is 109 Å². The number of anilines is 1. The summed E-state index contributed by atoms with van der Waals surface area (Å²) in [5.41, 5.74) is 3.34. The molecule has 0 saturated carbocycles. The Bertz CT molecular complexity index is 495. The van der Waals surface area contributed by atoms with E-state index >= 15 is 0 Å². The van der Waals surface area contributed by atoms with Crippen molar-refractivity contribution in [2.45, 2.75) is 6.54 Å². The number of amides is 1. The number of hydrogen-bond acceptors (Lipinski definition) is 5. The van der Waals surface area contributed by atoms with Gasteiger partial charge in [0.1, 0.15) is 5.82 Å². The van der Waals surface area contributed by atoms with Crippen molar-refractivity contribution in [2.75, 3.05) is 5.43 Å². The molecule has 0 spiro atoms. The number of hydrogen-bond donors (Lipinski definition) is 4. The van der Waals surface area contributed by atoms with Gasteiger partial charge in [-0.05, 0) is 6.07 Å². The summed E-state index contributed by atoms with van der Waals surface area (Å²) in [5, 5.41) is 2.72. The minimum absolute atomic E-state index is 0.239. The Morgan fingerprint density at radius 1 is 1.47 bits per heavy atom. The number of hydrazine groups is 1. The lowest BCUT2D eigenvalue weighted by Gasteiger charge is -2.07. The number of nitrogen functional groups attached to an aromatic ring is 1. The number of aromatic nitrogens is 3. The van der Waals surface area contributed by atoms with Crippen LogP contribution in [0.15, 0.2) is 30.9 Å². The molecule has 2 rings (SSSR count). The van der Waals surface area contributed by atoms with Crippen LogP contribution in [0.3, 0.4) is 0 Å². The lowest BCUT2D eigenvalue weighted by Crippen LogP contribution is -2.25. The van der Waals surface area contributed by atoms with Gasteiger partial charge in [0.15, 0.2) is 0 Å². The second-order valence-corrected chi connectivity index (χ2v) is 3.28. The highest BCUT2D eigenvalue weighted by Gasteiger charge is 2.10. The van der Waals surface area contributed by atoms with Crippen LogP contribution in [0.4, 0.5) is 5.69 Å². The molecule has 0 atom stereocenters. The first kappa shape index (κ1) is 11.1. The first-order valence-corrected chi connectivity index (χ1v) is 4.98. The molecule has 0 aliphatic rings. The lowest BCUT2D eigenvalue weighted by molar-refractivity contribution is 0.0950. The average Bonchev–Trinajstić information content (AvgIpc) is 2.89. The molecule has 5 N–H and O–H groups in total. The minimum atomic E-state index is -0.239. The number of carbonyl (C=O) groups is 1. The number of pyridine rings is 1. The van der Waals surface area contributed by atoms with Crippen molar-refractivity contribution in [1.82, 2.24) is 20.3 Å². The smallest absolute Gasteiger partial charge is 0.253 e. The van der Waals surface area contributed by atoms with Crippen molar-refractivity contribution in [1.29, 1.82) is 0 Å². The Balaban J connectivity index is 2.04. The van der Waals surface area contributed by atoms with E-state index in [4.69, 9.17) is 5.84 Å². The Hall–Kier alpha value is -2.41. The molecule has 0 radical (unpaired) electrons. The molecular weight excluding hydrogens is 220 g/mol. The largest absolute Gasteiger partial charge is 0.347 e. The van der Waals surface area contributed by atoms with Crippen molar-refractivity contribution in [3.8, 4) is 0 Å². The molecule has 0 aromatic carbocycles. The molecule has 2 aromatic heterocycles. The highest BCUT2D eigenvalue weighted by Crippen LogP contribution is 2.11. The summed E-state index contributed by atoms with van der Waals surface area (Å²) in [4.78, 5) is 22.6. The van der Waals surface area contributed by atoms with Crippen molar-refractivity contribution in [3.63, 3.8) is 0 Å². The predicted molar refractivity (Wildman–Crippen MR) is 61.8 cm³/mol. The molecule has 0 bridgehead atoms. The van der Waals surface area contributed by atoms with Gasteiger partial charge in [0.2, 0.25) is 0 Å². The first-order chi connectivity index (χ1) is 8.31. The maximum absolute atomic E-state index is 11.8. The number of nitrogens with zero attached hydrogens (tertiary/aromatic N) is 2. The van der Waals surface area contributed by atoms with E-state index in [1.807, 2.05) is 0 Å². The second kappa shape index (κ2) is 5.08. The SMILES string of the molecule is NNc1cnccc1C(=O)NCc1ncc[nH]1. The second-order valence-electron chi connectivity index (χ2n) is 3.28. The van der Waals surface area contributed by atoms with Gasteiger partial charge >= 0.3 is 0 Å². The van der Waals surface area contributed by atoms with Gasteiger partial charge in [0.25, 0.3) is 5.91 Å². The summed E-state index contributed by atoms with van der Waals surface area (Å²) in [5.74, 6) is 5.74. The third kappa shape index (κ3) is 2.58. The third-order valence-corrected chi connectivity index (χ3v) is 2.19. The molecular formula is C10H12N6O. The molecule has 2 aromatic rings. The number of imidazole rings is 1. The standard InChI is InChI=1S/C10H12N6O/c11-16-8-5-12-2-1-7(8)10(17)15-6-9-13-3-4-14-9/h1-5,16H,6,11H2,(H,13,14)(H,15,17). The summed E-state index contributed by atoms with van der Waals surface area (Å²) in [6.07, 6.45) is 6.34. The van der Waals surface area contributed by atoms with Crippen molar-refractivity contribution < 1.29 is 4.79 Å². The van der Waals surface area contributed by atoms with Gasteiger partial charge in [-0.25, -0.2) is 4.98 Å². The van der Waals surface area contributed by atoms with E-state index in [0.29, 0.717) is 23.6 Å². The maximum atomic E-state index is 11.8. The van der Waals surface area contributed by atoms with Crippen molar-refractivity contribution >= 4 is 11.6 Å². The lowest BCUT2D eigenvalue weighted by atomic mass is 10.2. The zero-order valence-corrected chi connectivity index (χ0v) is 8.97. The molecule has 0 fully saturated rings. The van der Waals surface area contributed by atoms with E-state index in [2.05, 4.69) is 25.7 Å². The number of aromatic amines is 1. The molecule has 7 nitrogen and oxygen atoms in total. The summed E-state index contributed by atoms with van der Waals surface area (Å²) in [6, 6.07) is 1.59. The Kier molecular flexibility index (Phi) is 3.31. The zero-order valence-electron chi connectivity index (χ0n) is 8.97. The van der Waals surface area contributed by atoms with Gasteiger partial charge < -0.3 is 15.7 Å². The van der Waals surface area contributed by atoms with Gasteiger partial charge in [-0.3, -0.25) is 15.6 Å². The van der Waals surface area contributed by atoms with E-state index in [1.165, 1.54) is 12.4 Å². The number of nitrogens with one attached hydrogen (secondary N) is 3. The highest BCUT2D eigenvalue weighted by molar-refractivity contribution is 5.99. The molecule has 0 aliphatic carbocycles. The van der Waals surface area contributed by atoms with Crippen LogP contribution >= 0.6 is 0 Å². The molecule has 2 heterocycles. The van der Waals surface area contributed by atoms with Gasteiger partial charge in [-0.1, -0.05) is 0 Å². The molecule has 88 valence electrons. The highest BCUT2D eigenvalue weighted by atomic mass is 16.1. The van der Waals surface area contributed by atoms with Crippen molar-refractivity contribution in [2.24, 2.45) is 5.84 Å². The van der Waals surface area contributed by atoms with E-state index < -0.39 is 0 Å². The zero-order chi connectivity index (χ0) is 12.1. The Morgan fingerprint density at radius 3 is 3.06 bits per heavy atom. The Morgan fingerprint density at radius 2 is 2.35 bits per heavy atom. The monoisotopic (exact) mass is 232 g/mol. The number of H-pyrrole nitrogens is 1. The van der Waals surface area contributed by atoms with E-state index in [-0.39, 0.29) is 5.91 Å². The van der Waals surface area contributed by atoms with Crippen LogP contribution in [0.5, 0.6) is 0 Å². The van der Waals surface area contributed by atoms with Crippen LogP contribution in [0.25, 0.3) is 0 Å². The maximum Gasteiger partial charge on any atom is 0.253 e. The third-order valence-electron chi connectivity index (χ3n) is 2.19. The van der Waals surface area contributed by atoms with Gasteiger partial charge in [-0.2, -0.15) is 0 Å². The van der Waals surface area contributed by atoms with E-state index in [1.54, 1.807) is 18.5 Å². The fourth-order valence-electron chi connectivity index (χ4n) is 1.36. The van der Waals surface area contributed by atoms with Gasteiger partial charge in [0.05, 0.1) is 24.0 Å². The van der Waals surface area contributed by atoms with Crippen LogP contribution in [0.1, 0.15) is 16.2 Å². The molecule has 1 amide bonds. The summed E-state index contributed by atoms with van der Waals surface area (Å²) in [6.45, 7) is 0.332. The van der Waals surface area contributed by atoms with Crippen molar-refractivity contribution in [3.05, 3.63) is 42.2 Å². The van der Waals surface area contributed by atoms with Gasteiger partial charge in [-0.15, -0.1) is 0 Å². The Labute approximate surface area is 97.4 Å². The summed E-state index contributed by atoms with van der Waals surface area (Å²) >= 11 is 0. The predicted octanol–water partition coefficient (Wildman–Crippen LogP) is 0.0203. The van der Waals surface area contributed by atoms with E-state index in [9.17, 15) is 4.79 Å². The molecule has 7 heteroatoms. The van der Waals surface area contributed by atoms with E-state index in [0.717, 1.165) is 0 Å². The number of carbonyl (C=O) groups excluding carboxylic acids is 1. The quantitative estimate of drug-likeness (QED) is 0.439. The fraction of sp³-hybridized carbons (Fsp3) is 0.100. The normalized spacial score (nSPS) is 9.94.